The highest BCUT2D eigenvalue weighted by molar-refractivity contribution is 8.23. The Morgan fingerprint density at radius 2 is 1.87 bits per heavy atom. The number of ketones is 2. The molecule has 1 aliphatic rings. The summed E-state index contributed by atoms with van der Waals surface area (Å²) < 4.78 is 0.757. The number of anilines is 1. The molecule has 4 rings (SSSR count). The van der Waals surface area contributed by atoms with Gasteiger partial charge in [-0.3, -0.25) is 9.59 Å². The van der Waals surface area contributed by atoms with Crippen molar-refractivity contribution in [2.75, 3.05) is 36.8 Å². The molecule has 154 valence electrons. The van der Waals surface area contributed by atoms with Gasteiger partial charge in [0, 0.05) is 60.8 Å². The Kier molecular flexibility index (Phi) is 6.15. The van der Waals surface area contributed by atoms with Gasteiger partial charge >= 0.3 is 0 Å². The van der Waals surface area contributed by atoms with Crippen LogP contribution in [0, 0.1) is 0 Å². The maximum Gasteiger partial charge on any atom is 0.175 e. The molecule has 0 saturated carbocycles. The van der Waals surface area contributed by atoms with Gasteiger partial charge in [-0.05, 0) is 43.3 Å². The van der Waals surface area contributed by atoms with E-state index in [9.17, 15) is 9.59 Å². The molecule has 1 saturated heterocycles. The molecule has 0 radical (unpaired) electrons. The topological polar surface area (TPSA) is 69.3 Å². The zero-order chi connectivity index (χ0) is 21.1. The fourth-order valence-corrected chi connectivity index (χ4v) is 4.67. The maximum atomic E-state index is 12.6. The first kappa shape index (κ1) is 20.6. The molecule has 1 fully saturated rings. The Morgan fingerprint density at radius 3 is 2.57 bits per heavy atom. The van der Waals surface area contributed by atoms with Crippen LogP contribution < -0.4 is 4.90 Å². The number of thioether (sulfide) groups is 1. The van der Waals surface area contributed by atoms with Crippen LogP contribution >= 0.6 is 24.0 Å². The molecule has 0 spiro atoms. The number of aromatic amines is 1. The van der Waals surface area contributed by atoms with Crippen molar-refractivity contribution < 1.29 is 9.59 Å². The molecular weight excluding hydrogens is 416 g/mol. The number of thiocarbonyl (C=S) groups is 1. The second kappa shape index (κ2) is 8.97. The molecule has 1 aromatic carbocycles. The van der Waals surface area contributed by atoms with Gasteiger partial charge in [-0.2, -0.15) is 0 Å². The van der Waals surface area contributed by atoms with Crippen LogP contribution in [0.15, 0.2) is 48.8 Å². The van der Waals surface area contributed by atoms with Gasteiger partial charge in [-0.25, -0.2) is 4.98 Å². The number of hydrogen-bond donors (Lipinski definition) is 1. The normalized spacial score (nSPS) is 14.2. The van der Waals surface area contributed by atoms with Gasteiger partial charge in [0.2, 0.25) is 0 Å². The summed E-state index contributed by atoms with van der Waals surface area (Å²) in [7, 11) is 0. The Bertz CT molecular complexity index is 1090. The molecule has 8 heteroatoms. The summed E-state index contributed by atoms with van der Waals surface area (Å²) in [6, 6.07) is 11.5. The van der Waals surface area contributed by atoms with E-state index >= 15 is 0 Å². The van der Waals surface area contributed by atoms with Gasteiger partial charge in [0.15, 0.2) is 11.6 Å². The molecule has 1 aliphatic heterocycles. The third-order valence-electron chi connectivity index (χ3n) is 5.26. The van der Waals surface area contributed by atoms with Gasteiger partial charge in [0.1, 0.15) is 9.97 Å². The van der Waals surface area contributed by atoms with Crippen LogP contribution in [-0.4, -0.2) is 62.7 Å². The minimum absolute atomic E-state index is 0.0470. The molecule has 3 aromatic rings. The number of pyridine rings is 1. The largest absolute Gasteiger partial charge is 0.368 e. The van der Waals surface area contributed by atoms with Gasteiger partial charge in [0.05, 0.1) is 5.75 Å². The maximum absolute atomic E-state index is 12.6. The van der Waals surface area contributed by atoms with E-state index in [0.717, 1.165) is 52.8 Å². The number of benzene rings is 1. The van der Waals surface area contributed by atoms with Crippen molar-refractivity contribution in [2.24, 2.45) is 0 Å². The summed E-state index contributed by atoms with van der Waals surface area (Å²) in [5.41, 5.74) is 3.22. The Hall–Kier alpha value is -2.71. The first-order valence-electron chi connectivity index (χ1n) is 9.76. The van der Waals surface area contributed by atoms with Crippen LogP contribution in [0.25, 0.3) is 11.0 Å². The quantitative estimate of drug-likeness (QED) is 0.480. The van der Waals surface area contributed by atoms with E-state index in [0.29, 0.717) is 11.3 Å². The number of fused-ring (bicyclic) bond motifs is 1. The molecule has 0 bridgehead atoms. The SMILES string of the molecule is CC(=O)c1ccc(N2CCN(C(=S)SCC(=O)c3c[nH]c4ncccc34)CC2)cc1. The Morgan fingerprint density at radius 1 is 1.13 bits per heavy atom. The van der Waals surface area contributed by atoms with Crippen LogP contribution in [0.2, 0.25) is 0 Å². The molecular formula is C22H22N4O2S2. The van der Waals surface area contributed by atoms with E-state index in [4.69, 9.17) is 12.2 Å². The smallest absolute Gasteiger partial charge is 0.175 e. The van der Waals surface area contributed by atoms with E-state index in [1.165, 1.54) is 11.8 Å². The molecule has 1 N–H and O–H groups in total. The van der Waals surface area contributed by atoms with Crippen LogP contribution in [-0.2, 0) is 0 Å². The molecule has 0 amide bonds. The Labute approximate surface area is 184 Å². The summed E-state index contributed by atoms with van der Waals surface area (Å²) in [5.74, 6) is 0.436. The van der Waals surface area contributed by atoms with Gasteiger partial charge in [0.25, 0.3) is 0 Å². The van der Waals surface area contributed by atoms with E-state index in [-0.39, 0.29) is 11.6 Å². The second-order valence-corrected chi connectivity index (χ2v) is 8.77. The number of rotatable bonds is 5. The lowest BCUT2D eigenvalue weighted by molar-refractivity contribution is 0.101. The average molecular weight is 439 g/mol. The predicted molar refractivity (Wildman–Crippen MR) is 126 cm³/mol. The number of Topliss-reactive ketones (excluding diaryl/α,β-unsaturated/α-hetero) is 2. The summed E-state index contributed by atoms with van der Waals surface area (Å²) in [6.07, 6.45) is 3.42. The zero-order valence-electron chi connectivity index (χ0n) is 16.6. The van der Waals surface area contributed by atoms with Crippen molar-refractivity contribution in [1.82, 2.24) is 14.9 Å². The van der Waals surface area contributed by atoms with Crippen LogP contribution in [0.3, 0.4) is 0 Å². The number of piperazine rings is 1. The highest BCUT2D eigenvalue weighted by Gasteiger charge is 2.21. The van der Waals surface area contributed by atoms with Crippen molar-refractivity contribution in [1.29, 1.82) is 0 Å². The summed E-state index contributed by atoms with van der Waals surface area (Å²) >= 11 is 7.00. The fourth-order valence-electron chi connectivity index (χ4n) is 3.54. The second-order valence-electron chi connectivity index (χ2n) is 7.16. The lowest BCUT2D eigenvalue weighted by Crippen LogP contribution is -2.47. The molecule has 0 aliphatic carbocycles. The van der Waals surface area contributed by atoms with Gasteiger partial charge in [-0.15, -0.1) is 0 Å². The predicted octanol–water partition coefficient (Wildman–Crippen LogP) is 3.79. The summed E-state index contributed by atoms with van der Waals surface area (Å²) in [5, 5.41) is 0.846. The molecule has 0 atom stereocenters. The highest BCUT2D eigenvalue weighted by atomic mass is 32.2. The Balaban J connectivity index is 1.29. The van der Waals surface area contributed by atoms with Crippen LogP contribution in [0.4, 0.5) is 5.69 Å². The van der Waals surface area contributed by atoms with Crippen molar-refractivity contribution >= 4 is 56.6 Å². The molecule has 0 unspecified atom stereocenters. The monoisotopic (exact) mass is 438 g/mol. The van der Waals surface area contributed by atoms with E-state index < -0.39 is 0 Å². The fraction of sp³-hybridized carbons (Fsp3) is 0.273. The van der Waals surface area contributed by atoms with E-state index in [1.54, 1.807) is 19.3 Å². The van der Waals surface area contributed by atoms with Gasteiger partial charge in [-0.1, -0.05) is 24.0 Å². The lowest BCUT2D eigenvalue weighted by atomic mass is 10.1. The first-order chi connectivity index (χ1) is 14.5. The number of carbonyl (C=O) groups excluding carboxylic acids is 2. The number of nitrogens with zero attached hydrogens (tertiary/aromatic N) is 3. The molecule has 30 heavy (non-hydrogen) atoms. The number of nitrogens with one attached hydrogen (secondary N) is 1. The number of hydrogen-bond acceptors (Lipinski definition) is 6. The molecule has 2 aromatic heterocycles. The van der Waals surface area contributed by atoms with Crippen molar-refractivity contribution in [2.45, 2.75) is 6.92 Å². The number of carbonyl (C=O) groups is 2. The summed E-state index contributed by atoms with van der Waals surface area (Å²) in [6.45, 7) is 4.90. The van der Waals surface area contributed by atoms with Crippen molar-refractivity contribution in [3.63, 3.8) is 0 Å². The molecule has 3 heterocycles. The highest BCUT2D eigenvalue weighted by Crippen LogP contribution is 2.22. The van der Waals surface area contributed by atoms with E-state index in [2.05, 4.69) is 19.8 Å². The molecule has 6 nitrogen and oxygen atoms in total. The van der Waals surface area contributed by atoms with Gasteiger partial charge < -0.3 is 14.8 Å². The third kappa shape index (κ3) is 4.39. The first-order valence-corrected chi connectivity index (χ1v) is 11.2. The van der Waals surface area contributed by atoms with E-state index in [1.807, 2.05) is 36.4 Å². The number of aromatic nitrogens is 2. The van der Waals surface area contributed by atoms with Crippen molar-refractivity contribution in [3.05, 3.63) is 59.9 Å². The lowest BCUT2D eigenvalue weighted by Gasteiger charge is -2.37. The standard InChI is InChI=1S/C22H22N4O2S2/c1-15(27)16-4-6-17(7-5-16)25-9-11-26(12-10-25)22(29)30-14-20(28)19-13-24-21-18(19)3-2-8-23-21/h2-8,13H,9-12,14H2,1H3,(H,23,24). The van der Waals surface area contributed by atoms with Crippen LogP contribution in [0.5, 0.6) is 0 Å². The average Bonchev–Trinajstić information content (AvgIpc) is 3.22. The van der Waals surface area contributed by atoms with Crippen LogP contribution in [0.1, 0.15) is 27.6 Å². The third-order valence-corrected chi connectivity index (χ3v) is 6.78. The number of H-pyrrole nitrogens is 1. The van der Waals surface area contributed by atoms with Crippen molar-refractivity contribution in [3.8, 4) is 0 Å². The minimum Gasteiger partial charge on any atom is -0.368 e. The summed E-state index contributed by atoms with van der Waals surface area (Å²) in [4.78, 5) is 35.8. The minimum atomic E-state index is 0.0470. The zero-order valence-corrected chi connectivity index (χ0v) is 18.3.